The summed E-state index contributed by atoms with van der Waals surface area (Å²) in [6.07, 6.45) is 5.84. The van der Waals surface area contributed by atoms with Gasteiger partial charge in [0.25, 0.3) is 0 Å². The molecule has 3 nitrogen and oxygen atoms in total. The number of carbonyl (C=O) groups is 1. The lowest BCUT2D eigenvalue weighted by atomic mass is 10.0. The minimum absolute atomic E-state index is 0.272. The molecule has 1 aromatic heterocycles. The molecule has 1 aliphatic rings. The van der Waals surface area contributed by atoms with Crippen LogP contribution < -0.4 is 0 Å². The van der Waals surface area contributed by atoms with Gasteiger partial charge in [-0.3, -0.25) is 9.78 Å². The molecule has 0 aromatic carbocycles. The summed E-state index contributed by atoms with van der Waals surface area (Å²) in [6.45, 7) is 5.14. The average Bonchev–Trinajstić information content (AvgIpc) is 2.75. The first kappa shape index (κ1) is 13.4. The quantitative estimate of drug-likeness (QED) is 0.820. The zero-order valence-electron chi connectivity index (χ0n) is 11.0. The monoisotopic (exact) mass is 264 g/mol. The van der Waals surface area contributed by atoms with Gasteiger partial charge in [-0.25, -0.2) is 0 Å². The maximum absolute atomic E-state index is 12.0. The van der Waals surface area contributed by atoms with Gasteiger partial charge in [0.05, 0.1) is 11.1 Å². The Bertz CT molecular complexity index is 392. The van der Waals surface area contributed by atoms with E-state index in [4.69, 9.17) is 0 Å². The Morgan fingerprint density at radius 3 is 2.67 bits per heavy atom. The van der Waals surface area contributed by atoms with Crippen molar-refractivity contribution in [1.29, 1.82) is 0 Å². The highest BCUT2D eigenvalue weighted by molar-refractivity contribution is 8.01. The topological polar surface area (TPSA) is 33.2 Å². The second-order valence-electron chi connectivity index (χ2n) is 4.66. The molecule has 1 aliphatic heterocycles. The first-order chi connectivity index (χ1) is 8.76. The fraction of sp³-hybridized carbons (Fsp3) is 0.571. The SMILES string of the molecule is CCC(CC)C1SCC(=O)N1Cc1ccncc1. The van der Waals surface area contributed by atoms with Crippen molar-refractivity contribution in [2.75, 3.05) is 5.75 Å². The summed E-state index contributed by atoms with van der Waals surface area (Å²) in [7, 11) is 0. The third-order valence-electron chi connectivity index (χ3n) is 3.56. The summed E-state index contributed by atoms with van der Waals surface area (Å²) >= 11 is 1.80. The van der Waals surface area contributed by atoms with Crippen LogP contribution >= 0.6 is 11.8 Å². The third kappa shape index (κ3) is 2.86. The molecule has 0 aliphatic carbocycles. The van der Waals surface area contributed by atoms with Crippen LogP contribution in [0.1, 0.15) is 32.3 Å². The van der Waals surface area contributed by atoms with Crippen LogP contribution in [0.5, 0.6) is 0 Å². The molecule has 0 spiro atoms. The van der Waals surface area contributed by atoms with Crippen LogP contribution in [0, 0.1) is 5.92 Å². The maximum atomic E-state index is 12.0. The Morgan fingerprint density at radius 2 is 2.06 bits per heavy atom. The number of thioether (sulfide) groups is 1. The predicted octanol–water partition coefficient (Wildman–Crippen LogP) is 2.92. The number of aromatic nitrogens is 1. The molecule has 0 N–H and O–H groups in total. The average molecular weight is 264 g/mol. The molecule has 0 radical (unpaired) electrons. The number of nitrogens with zero attached hydrogens (tertiary/aromatic N) is 2. The molecular formula is C14H20N2OS. The van der Waals surface area contributed by atoms with Crippen LogP contribution in [0.25, 0.3) is 0 Å². The van der Waals surface area contributed by atoms with Crippen molar-refractivity contribution in [3.05, 3.63) is 30.1 Å². The molecule has 1 fully saturated rings. The first-order valence-corrected chi connectivity index (χ1v) is 7.61. The highest BCUT2D eigenvalue weighted by atomic mass is 32.2. The fourth-order valence-corrected chi connectivity index (χ4v) is 3.93. The van der Waals surface area contributed by atoms with Crippen LogP contribution in [0.2, 0.25) is 0 Å². The molecule has 1 atom stereocenters. The van der Waals surface area contributed by atoms with Gasteiger partial charge in [-0.1, -0.05) is 26.7 Å². The van der Waals surface area contributed by atoms with E-state index >= 15 is 0 Å². The summed E-state index contributed by atoms with van der Waals surface area (Å²) in [4.78, 5) is 18.1. The van der Waals surface area contributed by atoms with Crippen LogP contribution in [0.4, 0.5) is 0 Å². The molecule has 1 amide bonds. The van der Waals surface area contributed by atoms with Gasteiger partial charge in [-0.15, -0.1) is 11.8 Å². The lowest BCUT2D eigenvalue weighted by molar-refractivity contribution is -0.129. The largest absolute Gasteiger partial charge is 0.325 e. The first-order valence-electron chi connectivity index (χ1n) is 6.56. The van der Waals surface area contributed by atoms with Crippen molar-refractivity contribution in [3.63, 3.8) is 0 Å². The van der Waals surface area contributed by atoms with Crippen LogP contribution in [-0.4, -0.2) is 26.9 Å². The molecule has 0 saturated carbocycles. The molecule has 2 heterocycles. The Morgan fingerprint density at radius 1 is 1.39 bits per heavy atom. The Hall–Kier alpha value is -1.03. The lowest BCUT2D eigenvalue weighted by Gasteiger charge is -2.29. The summed E-state index contributed by atoms with van der Waals surface area (Å²) in [5, 5.41) is 0.348. The summed E-state index contributed by atoms with van der Waals surface area (Å²) in [5.74, 6) is 1.50. The number of amides is 1. The minimum atomic E-state index is 0.272. The zero-order chi connectivity index (χ0) is 13.0. The number of hydrogen-bond acceptors (Lipinski definition) is 3. The van der Waals surface area contributed by atoms with Gasteiger partial charge >= 0.3 is 0 Å². The van der Waals surface area contributed by atoms with E-state index in [-0.39, 0.29) is 5.91 Å². The fourth-order valence-electron chi connectivity index (χ4n) is 2.42. The molecule has 1 aromatic rings. The van der Waals surface area contributed by atoms with Gasteiger partial charge in [0.1, 0.15) is 0 Å². The molecule has 2 rings (SSSR count). The molecule has 1 unspecified atom stereocenters. The van der Waals surface area contributed by atoms with Crippen molar-refractivity contribution in [1.82, 2.24) is 9.88 Å². The summed E-state index contributed by atoms with van der Waals surface area (Å²) in [5.41, 5.74) is 1.16. The number of carbonyl (C=O) groups excluding carboxylic acids is 1. The van der Waals surface area contributed by atoms with E-state index in [0.717, 1.165) is 24.9 Å². The van der Waals surface area contributed by atoms with Crippen molar-refractivity contribution in [3.8, 4) is 0 Å². The maximum Gasteiger partial charge on any atom is 0.233 e. The van der Waals surface area contributed by atoms with Gasteiger partial charge in [0, 0.05) is 18.9 Å². The van der Waals surface area contributed by atoms with E-state index < -0.39 is 0 Å². The number of pyridine rings is 1. The third-order valence-corrected chi connectivity index (χ3v) is 4.95. The zero-order valence-corrected chi connectivity index (χ0v) is 11.8. The van der Waals surface area contributed by atoms with E-state index in [9.17, 15) is 4.79 Å². The highest BCUT2D eigenvalue weighted by Crippen LogP contribution is 2.34. The predicted molar refractivity (Wildman–Crippen MR) is 75.1 cm³/mol. The van der Waals surface area contributed by atoms with Crippen molar-refractivity contribution >= 4 is 17.7 Å². The van der Waals surface area contributed by atoms with E-state index in [2.05, 4.69) is 18.8 Å². The normalized spacial score (nSPS) is 19.8. The van der Waals surface area contributed by atoms with Gasteiger partial charge < -0.3 is 4.90 Å². The van der Waals surface area contributed by atoms with E-state index in [0.29, 0.717) is 17.0 Å². The lowest BCUT2D eigenvalue weighted by Crippen LogP contribution is -2.36. The van der Waals surface area contributed by atoms with Gasteiger partial charge in [-0.05, 0) is 23.6 Å². The van der Waals surface area contributed by atoms with Crippen LogP contribution in [-0.2, 0) is 11.3 Å². The minimum Gasteiger partial charge on any atom is -0.325 e. The summed E-state index contributed by atoms with van der Waals surface area (Å²) < 4.78 is 0. The van der Waals surface area contributed by atoms with Crippen molar-refractivity contribution in [2.24, 2.45) is 5.92 Å². The summed E-state index contributed by atoms with van der Waals surface area (Å²) in [6, 6.07) is 3.97. The highest BCUT2D eigenvalue weighted by Gasteiger charge is 2.35. The van der Waals surface area contributed by atoms with Crippen molar-refractivity contribution < 1.29 is 4.79 Å². The molecule has 0 bridgehead atoms. The van der Waals surface area contributed by atoms with Crippen molar-refractivity contribution in [2.45, 2.75) is 38.6 Å². The molecule has 18 heavy (non-hydrogen) atoms. The smallest absolute Gasteiger partial charge is 0.233 e. The number of hydrogen-bond donors (Lipinski definition) is 0. The Labute approximate surface area is 113 Å². The van der Waals surface area contributed by atoms with Crippen LogP contribution in [0.3, 0.4) is 0 Å². The van der Waals surface area contributed by atoms with Crippen LogP contribution in [0.15, 0.2) is 24.5 Å². The standard InChI is InChI=1S/C14H20N2OS/c1-3-12(4-2)14-16(13(17)10-18-14)9-11-5-7-15-8-6-11/h5-8,12,14H,3-4,9-10H2,1-2H3. The van der Waals surface area contributed by atoms with Gasteiger partial charge in [0.2, 0.25) is 5.91 Å². The molecule has 1 saturated heterocycles. The molecular weight excluding hydrogens is 244 g/mol. The second-order valence-corrected chi connectivity index (χ2v) is 5.76. The molecule has 4 heteroatoms. The number of rotatable bonds is 5. The Kier molecular flexibility index (Phi) is 4.64. The second kappa shape index (κ2) is 6.23. The Balaban J connectivity index is 2.10. The van der Waals surface area contributed by atoms with E-state index in [1.807, 2.05) is 17.0 Å². The van der Waals surface area contributed by atoms with E-state index in [1.165, 1.54) is 0 Å². The molecule has 98 valence electrons. The van der Waals surface area contributed by atoms with E-state index in [1.54, 1.807) is 24.2 Å². The van der Waals surface area contributed by atoms with Gasteiger partial charge in [-0.2, -0.15) is 0 Å². The van der Waals surface area contributed by atoms with Gasteiger partial charge in [0.15, 0.2) is 0 Å².